The molecule has 0 atom stereocenters. The van der Waals surface area contributed by atoms with E-state index in [0.29, 0.717) is 45.4 Å². The molecule has 11 nitrogen and oxygen atoms in total. The molecule has 34 heavy (non-hydrogen) atoms. The third-order valence-electron chi connectivity index (χ3n) is 7.18. The molecule has 1 saturated carbocycles. The number of anilines is 2. The molecule has 4 aromatic heterocycles. The third-order valence-corrected chi connectivity index (χ3v) is 7.18. The van der Waals surface area contributed by atoms with Crippen molar-refractivity contribution in [3.8, 4) is 22.8 Å². The first-order valence-corrected chi connectivity index (χ1v) is 11.8. The highest BCUT2D eigenvalue weighted by molar-refractivity contribution is 6.00. The van der Waals surface area contributed by atoms with Crippen molar-refractivity contribution in [2.45, 2.75) is 38.6 Å². The number of aromatic nitrogens is 7. The number of nitrogen functional groups attached to an aromatic ring is 1. The van der Waals surface area contributed by atoms with Crippen LogP contribution in [-0.4, -0.2) is 61.1 Å². The van der Waals surface area contributed by atoms with E-state index in [0.717, 1.165) is 56.0 Å². The summed E-state index contributed by atoms with van der Waals surface area (Å²) in [6.45, 7) is 8.39. The molecular formula is C23H26N10O. The number of fused-ring (bicyclic) bond motifs is 1. The van der Waals surface area contributed by atoms with Gasteiger partial charge in [-0.3, -0.25) is 0 Å². The molecule has 3 fully saturated rings. The van der Waals surface area contributed by atoms with Gasteiger partial charge in [-0.1, -0.05) is 5.16 Å². The van der Waals surface area contributed by atoms with Gasteiger partial charge in [0.1, 0.15) is 23.5 Å². The van der Waals surface area contributed by atoms with Crippen molar-refractivity contribution < 1.29 is 4.52 Å². The van der Waals surface area contributed by atoms with E-state index in [1.54, 1.807) is 0 Å². The van der Waals surface area contributed by atoms with Gasteiger partial charge in [-0.25, -0.2) is 24.6 Å². The monoisotopic (exact) mass is 458 g/mol. The van der Waals surface area contributed by atoms with E-state index in [-0.39, 0.29) is 6.04 Å². The number of nitrogens with zero attached hydrogens (tertiary/aromatic N) is 8. The van der Waals surface area contributed by atoms with Gasteiger partial charge in [0.05, 0.1) is 29.0 Å². The third kappa shape index (κ3) is 2.86. The minimum absolute atomic E-state index is 0.0880. The Morgan fingerprint density at radius 1 is 1.09 bits per heavy atom. The van der Waals surface area contributed by atoms with Crippen LogP contribution in [-0.2, 0) is 0 Å². The number of hydrogen-bond acceptors (Lipinski definition) is 10. The van der Waals surface area contributed by atoms with Crippen LogP contribution in [0.3, 0.4) is 0 Å². The highest BCUT2D eigenvalue weighted by atomic mass is 16.5. The smallest absolute Gasteiger partial charge is 0.165 e. The molecule has 4 aromatic rings. The molecule has 11 heteroatoms. The van der Waals surface area contributed by atoms with Crippen molar-refractivity contribution in [3.05, 3.63) is 24.5 Å². The highest BCUT2D eigenvalue weighted by Crippen LogP contribution is 2.48. The minimum Gasteiger partial charge on any atom is -0.383 e. The molecule has 6 heterocycles. The van der Waals surface area contributed by atoms with Gasteiger partial charge in [0.25, 0.3) is 0 Å². The average molecular weight is 459 g/mol. The van der Waals surface area contributed by atoms with Crippen LogP contribution in [0.2, 0.25) is 0 Å². The van der Waals surface area contributed by atoms with Gasteiger partial charge < -0.3 is 20.5 Å². The Morgan fingerprint density at radius 3 is 2.50 bits per heavy atom. The maximum absolute atomic E-state index is 6.28. The molecule has 0 amide bonds. The van der Waals surface area contributed by atoms with Crippen LogP contribution in [0, 0.1) is 5.41 Å². The Morgan fingerprint density at radius 2 is 1.85 bits per heavy atom. The highest BCUT2D eigenvalue weighted by Gasteiger charge is 2.47. The molecule has 0 unspecified atom stereocenters. The van der Waals surface area contributed by atoms with Crippen molar-refractivity contribution in [2.24, 2.45) is 5.41 Å². The summed E-state index contributed by atoms with van der Waals surface area (Å²) in [6.07, 6.45) is 7.39. The van der Waals surface area contributed by atoms with E-state index in [1.165, 1.54) is 6.33 Å². The molecule has 2 saturated heterocycles. The molecule has 174 valence electrons. The largest absolute Gasteiger partial charge is 0.383 e. The van der Waals surface area contributed by atoms with Gasteiger partial charge in [-0.2, -0.15) is 5.10 Å². The molecule has 3 N–H and O–H groups in total. The number of nitrogens with one attached hydrogen (secondary N) is 1. The Kier molecular flexibility index (Phi) is 4.06. The van der Waals surface area contributed by atoms with Crippen molar-refractivity contribution in [2.75, 3.05) is 36.8 Å². The van der Waals surface area contributed by atoms with Gasteiger partial charge in [0.15, 0.2) is 17.2 Å². The lowest BCUT2D eigenvalue weighted by atomic mass is 9.74. The molecule has 1 spiro atoms. The standard InChI is InChI=1S/C23H26N10O/c1-12(2)33-22-16(20(24)28-11-29-22)17(30-33)18-15(19(34-31-18)13-3-4-13)21-26-5-14(6-27-21)32-9-23(10-32)7-25-8-23/h5-6,11-13,25H,3-4,7-10H2,1-2H3,(H2,24,28,29). The zero-order chi connectivity index (χ0) is 23.0. The zero-order valence-electron chi connectivity index (χ0n) is 19.2. The number of nitrogens with two attached hydrogens (primary N) is 1. The SMILES string of the molecule is CC(C)n1nc(-c2noc(C3CC3)c2-c2ncc(N3CC4(CNC4)C3)cn2)c2c(N)ncnc21. The van der Waals surface area contributed by atoms with E-state index in [1.807, 2.05) is 17.1 Å². The molecule has 3 aliphatic rings. The Labute approximate surface area is 195 Å². The van der Waals surface area contributed by atoms with E-state index in [9.17, 15) is 0 Å². The summed E-state index contributed by atoms with van der Waals surface area (Å²) in [5.41, 5.74) is 10.4. The lowest BCUT2D eigenvalue weighted by molar-refractivity contribution is 0.121. The maximum Gasteiger partial charge on any atom is 0.165 e. The van der Waals surface area contributed by atoms with Crippen molar-refractivity contribution in [1.82, 2.24) is 40.2 Å². The number of hydrogen-bond donors (Lipinski definition) is 2. The van der Waals surface area contributed by atoms with Gasteiger partial charge in [0, 0.05) is 43.6 Å². The number of rotatable bonds is 5. The Bertz CT molecular complexity index is 1390. The minimum atomic E-state index is 0.0880. The van der Waals surface area contributed by atoms with Crippen molar-refractivity contribution in [1.29, 1.82) is 0 Å². The fourth-order valence-electron chi connectivity index (χ4n) is 5.09. The Hall–Kier alpha value is -3.60. The second-order valence-electron chi connectivity index (χ2n) is 10.1. The predicted molar refractivity (Wildman–Crippen MR) is 126 cm³/mol. The fraction of sp³-hybridized carbons (Fsp3) is 0.478. The molecule has 2 aliphatic heterocycles. The van der Waals surface area contributed by atoms with E-state index >= 15 is 0 Å². The molecular weight excluding hydrogens is 432 g/mol. The lowest BCUT2D eigenvalue weighted by Gasteiger charge is -2.56. The summed E-state index contributed by atoms with van der Waals surface area (Å²) in [6, 6.07) is 0.0880. The first kappa shape index (κ1) is 19.8. The second-order valence-corrected chi connectivity index (χ2v) is 10.1. The van der Waals surface area contributed by atoms with E-state index in [2.05, 4.69) is 39.2 Å². The quantitative estimate of drug-likeness (QED) is 0.458. The second kappa shape index (κ2) is 6.95. The normalized spacial score (nSPS) is 19.1. The van der Waals surface area contributed by atoms with Gasteiger partial charge >= 0.3 is 0 Å². The van der Waals surface area contributed by atoms with Crippen LogP contribution in [0.4, 0.5) is 11.5 Å². The Balaban J connectivity index is 1.32. The van der Waals surface area contributed by atoms with E-state index < -0.39 is 0 Å². The zero-order valence-corrected chi connectivity index (χ0v) is 19.2. The molecule has 0 aromatic carbocycles. The van der Waals surface area contributed by atoms with Crippen molar-refractivity contribution >= 4 is 22.5 Å². The first-order valence-electron chi connectivity index (χ1n) is 11.8. The topological polar surface area (TPSA) is 137 Å². The van der Waals surface area contributed by atoms with Crippen molar-refractivity contribution in [3.63, 3.8) is 0 Å². The molecule has 0 bridgehead atoms. The predicted octanol–water partition coefficient (Wildman–Crippen LogP) is 2.39. The molecule has 0 radical (unpaired) electrons. The molecule has 7 rings (SSSR count). The summed E-state index contributed by atoms with van der Waals surface area (Å²) < 4.78 is 7.71. The average Bonchev–Trinajstić information content (AvgIpc) is 3.39. The van der Waals surface area contributed by atoms with Crippen LogP contribution < -0.4 is 16.0 Å². The lowest BCUT2D eigenvalue weighted by Crippen LogP contribution is -2.71. The van der Waals surface area contributed by atoms with Gasteiger partial charge in [-0.15, -0.1) is 0 Å². The summed E-state index contributed by atoms with van der Waals surface area (Å²) in [7, 11) is 0. The summed E-state index contributed by atoms with van der Waals surface area (Å²) in [5.74, 6) is 2.09. The summed E-state index contributed by atoms with van der Waals surface area (Å²) in [4.78, 5) is 20.5. The molecule has 1 aliphatic carbocycles. The van der Waals surface area contributed by atoms with Crippen LogP contribution in [0.5, 0.6) is 0 Å². The van der Waals surface area contributed by atoms with Crippen LogP contribution in [0.15, 0.2) is 23.2 Å². The van der Waals surface area contributed by atoms with E-state index in [4.69, 9.17) is 25.3 Å². The van der Waals surface area contributed by atoms with Crippen LogP contribution >= 0.6 is 0 Å². The first-order chi connectivity index (χ1) is 16.5. The van der Waals surface area contributed by atoms with Crippen LogP contribution in [0.1, 0.15) is 44.4 Å². The van der Waals surface area contributed by atoms with Gasteiger partial charge in [-0.05, 0) is 26.7 Å². The van der Waals surface area contributed by atoms with Crippen LogP contribution in [0.25, 0.3) is 33.8 Å². The van der Waals surface area contributed by atoms with Gasteiger partial charge in [0.2, 0.25) is 0 Å². The fourth-order valence-corrected chi connectivity index (χ4v) is 5.09. The maximum atomic E-state index is 6.28. The summed E-state index contributed by atoms with van der Waals surface area (Å²) >= 11 is 0. The summed E-state index contributed by atoms with van der Waals surface area (Å²) in [5, 5.41) is 13.3.